The largest absolute Gasteiger partial charge is 0.247 e. The predicted molar refractivity (Wildman–Crippen MR) is 55.7 cm³/mol. The van der Waals surface area contributed by atoms with Crippen molar-refractivity contribution < 1.29 is 4.98 Å². The third-order valence-electron chi connectivity index (χ3n) is 2.11. The van der Waals surface area contributed by atoms with Crippen molar-refractivity contribution in [3.05, 3.63) is 47.8 Å². The van der Waals surface area contributed by atoms with Crippen LogP contribution in [0.15, 0.2) is 36.4 Å². The number of hydrogen-bond donors (Lipinski definition) is 0. The Morgan fingerprint density at radius 1 is 1.00 bits per heavy atom. The van der Waals surface area contributed by atoms with Crippen LogP contribution < -0.4 is 4.98 Å². The number of pyridine rings is 2. The molecule has 0 radical (unpaired) electrons. The van der Waals surface area contributed by atoms with Gasteiger partial charge in [-0.1, -0.05) is 6.07 Å². The van der Waals surface area contributed by atoms with Crippen LogP contribution in [0.2, 0.25) is 0 Å². The van der Waals surface area contributed by atoms with E-state index < -0.39 is 0 Å². The summed E-state index contributed by atoms with van der Waals surface area (Å²) in [6, 6.07) is 12.1. The maximum absolute atomic E-state index is 4.45. The summed E-state index contributed by atoms with van der Waals surface area (Å²) in [4.78, 5) is 7.74. The third kappa shape index (κ3) is 1.79. The molecular weight excluding hydrogens is 172 g/mol. The molecule has 0 aliphatic heterocycles. The molecule has 0 bridgehead atoms. The van der Waals surface area contributed by atoms with Crippen LogP contribution in [0.1, 0.15) is 11.4 Å². The van der Waals surface area contributed by atoms with Crippen molar-refractivity contribution in [2.75, 3.05) is 0 Å². The standard InChI is InChI=1S/C12H12N2/c1-9-5-3-7-11(13-9)12-8-4-6-10(2)14-12/h3-8H,1-2H3/p+1. The zero-order valence-electron chi connectivity index (χ0n) is 8.41. The molecule has 0 saturated carbocycles. The van der Waals surface area contributed by atoms with Crippen LogP contribution in [-0.2, 0) is 0 Å². The fourth-order valence-corrected chi connectivity index (χ4v) is 1.43. The Balaban J connectivity index is 2.49. The topological polar surface area (TPSA) is 27.0 Å². The highest BCUT2D eigenvalue weighted by Crippen LogP contribution is 2.11. The summed E-state index contributed by atoms with van der Waals surface area (Å²) >= 11 is 0. The molecule has 0 aromatic carbocycles. The van der Waals surface area contributed by atoms with E-state index in [4.69, 9.17) is 0 Å². The molecule has 0 unspecified atom stereocenters. The second-order valence-electron chi connectivity index (χ2n) is 3.41. The SMILES string of the molecule is Cc1cccc(-c2cccc(C)[nH+]2)n1. The highest BCUT2D eigenvalue weighted by atomic mass is 14.8. The molecule has 2 aromatic heterocycles. The molecule has 0 aliphatic carbocycles. The molecule has 0 atom stereocenters. The molecule has 0 spiro atoms. The minimum absolute atomic E-state index is 0.994. The van der Waals surface area contributed by atoms with Crippen LogP contribution in [-0.4, -0.2) is 4.98 Å². The highest BCUT2D eigenvalue weighted by molar-refractivity contribution is 5.50. The van der Waals surface area contributed by atoms with E-state index in [0.29, 0.717) is 0 Å². The lowest BCUT2D eigenvalue weighted by Crippen LogP contribution is -2.11. The molecule has 0 aliphatic rings. The molecule has 14 heavy (non-hydrogen) atoms. The van der Waals surface area contributed by atoms with Crippen LogP contribution in [0, 0.1) is 13.8 Å². The van der Waals surface area contributed by atoms with Gasteiger partial charge in [0.25, 0.3) is 0 Å². The van der Waals surface area contributed by atoms with E-state index in [1.165, 1.54) is 0 Å². The normalized spacial score (nSPS) is 10.1. The fraction of sp³-hybridized carbons (Fsp3) is 0.167. The molecule has 2 heterocycles. The number of hydrogen-bond acceptors (Lipinski definition) is 1. The Bertz CT molecular complexity index is 406. The summed E-state index contributed by atoms with van der Waals surface area (Å²) in [5.74, 6) is 0. The number of rotatable bonds is 1. The monoisotopic (exact) mass is 185 g/mol. The van der Waals surface area contributed by atoms with Crippen molar-refractivity contribution >= 4 is 0 Å². The summed E-state index contributed by atoms with van der Waals surface area (Å²) < 4.78 is 0. The van der Waals surface area contributed by atoms with Gasteiger partial charge in [-0.15, -0.1) is 0 Å². The van der Waals surface area contributed by atoms with Crippen molar-refractivity contribution in [2.45, 2.75) is 13.8 Å². The number of nitrogens with one attached hydrogen (secondary N) is 1. The number of aryl methyl sites for hydroxylation is 2. The Morgan fingerprint density at radius 2 is 1.79 bits per heavy atom. The van der Waals surface area contributed by atoms with Gasteiger partial charge in [-0.3, -0.25) is 0 Å². The Labute approximate surface area is 83.7 Å². The van der Waals surface area contributed by atoms with Gasteiger partial charge in [0.2, 0.25) is 5.69 Å². The molecule has 0 fully saturated rings. The summed E-state index contributed by atoms with van der Waals surface area (Å²) in [5, 5.41) is 0. The first-order chi connectivity index (χ1) is 6.75. The molecule has 2 heteroatoms. The summed E-state index contributed by atoms with van der Waals surface area (Å²) in [6.07, 6.45) is 0. The number of H-pyrrole nitrogens is 1. The van der Waals surface area contributed by atoms with Crippen LogP contribution in [0.4, 0.5) is 0 Å². The quantitative estimate of drug-likeness (QED) is 0.669. The minimum atomic E-state index is 0.994. The van der Waals surface area contributed by atoms with Crippen molar-refractivity contribution in [3.8, 4) is 11.4 Å². The van der Waals surface area contributed by atoms with Crippen molar-refractivity contribution in [1.29, 1.82) is 0 Å². The van der Waals surface area contributed by atoms with E-state index in [1.54, 1.807) is 0 Å². The zero-order valence-corrected chi connectivity index (χ0v) is 8.41. The number of aromatic nitrogens is 2. The minimum Gasteiger partial charge on any atom is -0.247 e. The van der Waals surface area contributed by atoms with E-state index in [2.05, 4.69) is 9.97 Å². The van der Waals surface area contributed by atoms with Gasteiger partial charge in [-0.2, -0.15) is 0 Å². The maximum atomic E-state index is 4.45. The van der Waals surface area contributed by atoms with E-state index in [-0.39, 0.29) is 0 Å². The van der Waals surface area contributed by atoms with E-state index >= 15 is 0 Å². The second-order valence-corrected chi connectivity index (χ2v) is 3.41. The summed E-state index contributed by atoms with van der Waals surface area (Å²) in [6.45, 7) is 4.04. The van der Waals surface area contributed by atoms with E-state index in [9.17, 15) is 0 Å². The molecule has 2 nitrogen and oxygen atoms in total. The van der Waals surface area contributed by atoms with Crippen LogP contribution >= 0.6 is 0 Å². The first-order valence-corrected chi connectivity index (χ1v) is 4.69. The third-order valence-corrected chi connectivity index (χ3v) is 2.11. The van der Waals surface area contributed by atoms with Crippen molar-refractivity contribution in [3.63, 3.8) is 0 Å². The van der Waals surface area contributed by atoms with Gasteiger partial charge in [-0.05, 0) is 25.1 Å². The zero-order chi connectivity index (χ0) is 9.97. The van der Waals surface area contributed by atoms with Crippen molar-refractivity contribution in [1.82, 2.24) is 4.98 Å². The van der Waals surface area contributed by atoms with Gasteiger partial charge in [-0.25, -0.2) is 9.97 Å². The van der Waals surface area contributed by atoms with Crippen LogP contribution in [0.5, 0.6) is 0 Å². The van der Waals surface area contributed by atoms with Gasteiger partial charge in [0.1, 0.15) is 5.69 Å². The van der Waals surface area contributed by atoms with Gasteiger partial charge >= 0.3 is 0 Å². The molecule has 70 valence electrons. The van der Waals surface area contributed by atoms with E-state index in [0.717, 1.165) is 22.8 Å². The molecule has 2 aromatic rings. The summed E-state index contributed by atoms with van der Waals surface area (Å²) in [5.41, 5.74) is 4.24. The Kier molecular flexibility index (Phi) is 2.27. The molecule has 1 N–H and O–H groups in total. The van der Waals surface area contributed by atoms with Crippen molar-refractivity contribution in [2.24, 2.45) is 0 Å². The summed E-state index contributed by atoms with van der Waals surface area (Å²) in [7, 11) is 0. The maximum Gasteiger partial charge on any atom is 0.229 e. The Hall–Kier alpha value is -1.70. The smallest absolute Gasteiger partial charge is 0.229 e. The lowest BCUT2D eigenvalue weighted by atomic mass is 10.2. The highest BCUT2D eigenvalue weighted by Gasteiger charge is 2.06. The molecular formula is C12H13N2+. The Morgan fingerprint density at radius 3 is 2.50 bits per heavy atom. The van der Waals surface area contributed by atoms with Crippen LogP contribution in [0.25, 0.3) is 11.4 Å². The van der Waals surface area contributed by atoms with E-state index in [1.807, 2.05) is 50.2 Å². The lowest BCUT2D eigenvalue weighted by Gasteiger charge is -1.96. The first-order valence-electron chi connectivity index (χ1n) is 4.69. The van der Waals surface area contributed by atoms with Crippen LogP contribution in [0.3, 0.4) is 0 Å². The molecule has 2 rings (SSSR count). The molecule has 0 amide bonds. The van der Waals surface area contributed by atoms with Gasteiger partial charge in [0.05, 0.1) is 0 Å². The average Bonchev–Trinajstić information content (AvgIpc) is 2.18. The number of aromatic amines is 1. The average molecular weight is 185 g/mol. The molecule has 0 saturated heterocycles. The predicted octanol–water partition coefficient (Wildman–Crippen LogP) is 2.18. The lowest BCUT2D eigenvalue weighted by molar-refractivity contribution is -0.374. The fourth-order valence-electron chi connectivity index (χ4n) is 1.43. The van der Waals surface area contributed by atoms with Gasteiger partial charge in [0.15, 0.2) is 5.69 Å². The first kappa shape index (κ1) is 8.88. The van der Waals surface area contributed by atoms with Gasteiger partial charge < -0.3 is 0 Å². The van der Waals surface area contributed by atoms with Gasteiger partial charge in [0, 0.05) is 24.8 Å². The number of nitrogens with zero attached hydrogens (tertiary/aromatic N) is 1. The second kappa shape index (κ2) is 3.58.